The molecule has 1 saturated carbocycles. The Labute approximate surface area is 210 Å². The van der Waals surface area contributed by atoms with Gasteiger partial charge in [-0.15, -0.1) is 10.2 Å². The first-order valence-corrected chi connectivity index (χ1v) is 12.9. The number of pyridine rings is 1. The van der Waals surface area contributed by atoms with Gasteiger partial charge in [0, 0.05) is 23.1 Å². The van der Waals surface area contributed by atoms with E-state index in [2.05, 4.69) is 20.5 Å². The van der Waals surface area contributed by atoms with Gasteiger partial charge < -0.3 is 10.1 Å². The van der Waals surface area contributed by atoms with E-state index in [4.69, 9.17) is 4.74 Å². The third kappa shape index (κ3) is 5.41. The standard InChI is InChI=1S/C24H22F4N4O4S/c1-12-18(21(33)30-14-6-5-7-15(10-14)37(4,34)35)22(32-31-20(12)24(26,27)28)36-19-13(2)29-17(11-16(19)25)23(3)8-9-23/h5-7,10-11H,8-9H2,1-4H3,(H,30,33). The van der Waals surface area contributed by atoms with Crippen LogP contribution in [0.1, 0.15) is 52.8 Å². The van der Waals surface area contributed by atoms with Gasteiger partial charge in [-0.3, -0.25) is 9.78 Å². The SMILES string of the molecule is Cc1nc(C2(C)CC2)cc(F)c1Oc1nnc(C(F)(F)F)c(C)c1C(=O)Nc1cccc(S(C)(=O)=O)c1. The average Bonchev–Trinajstić information content (AvgIpc) is 3.53. The zero-order valence-electron chi connectivity index (χ0n) is 20.2. The minimum Gasteiger partial charge on any atom is -0.432 e. The molecule has 196 valence electrons. The van der Waals surface area contributed by atoms with Crippen molar-refractivity contribution in [2.45, 2.75) is 50.1 Å². The molecule has 0 saturated heterocycles. The maximum Gasteiger partial charge on any atom is 0.435 e. The van der Waals surface area contributed by atoms with Crippen molar-refractivity contribution >= 4 is 21.4 Å². The van der Waals surface area contributed by atoms with Gasteiger partial charge in [-0.25, -0.2) is 12.8 Å². The van der Waals surface area contributed by atoms with Crippen LogP contribution < -0.4 is 10.1 Å². The summed E-state index contributed by atoms with van der Waals surface area (Å²) in [5.41, 5.74) is -2.30. The van der Waals surface area contributed by atoms with Crippen molar-refractivity contribution in [1.29, 1.82) is 0 Å². The van der Waals surface area contributed by atoms with Gasteiger partial charge in [-0.1, -0.05) is 13.0 Å². The third-order valence-corrected chi connectivity index (χ3v) is 7.22. The van der Waals surface area contributed by atoms with E-state index in [9.17, 15) is 26.4 Å². The first-order valence-electron chi connectivity index (χ1n) is 11.0. The molecule has 1 amide bonds. The molecule has 0 atom stereocenters. The van der Waals surface area contributed by atoms with Gasteiger partial charge in [0.15, 0.2) is 27.1 Å². The zero-order valence-corrected chi connectivity index (χ0v) is 21.0. The molecule has 0 radical (unpaired) electrons. The predicted molar refractivity (Wildman–Crippen MR) is 125 cm³/mol. The zero-order chi connectivity index (χ0) is 27.3. The number of carbonyl (C=O) groups is 1. The molecule has 1 aliphatic carbocycles. The molecule has 4 rings (SSSR count). The lowest BCUT2D eigenvalue weighted by molar-refractivity contribution is -0.142. The number of hydrogen-bond acceptors (Lipinski definition) is 7. The summed E-state index contributed by atoms with van der Waals surface area (Å²) in [7, 11) is -3.62. The quantitative estimate of drug-likeness (QED) is 0.432. The van der Waals surface area contributed by atoms with Gasteiger partial charge >= 0.3 is 6.18 Å². The molecule has 2 aromatic heterocycles. The van der Waals surface area contributed by atoms with Gasteiger partial charge in [0.05, 0.1) is 10.6 Å². The predicted octanol–water partition coefficient (Wildman–Crippen LogP) is 5.15. The topological polar surface area (TPSA) is 111 Å². The number of sulfone groups is 1. The Morgan fingerprint density at radius 1 is 1.14 bits per heavy atom. The van der Waals surface area contributed by atoms with Crippen LogP contribution >= 0.6 is 0 Å². The number of nitrogens with one attached hydrogen (secondary N) is 1. The number of hydrogen-bond donors (Lipinski definition) is 1. The second-order valence-corrected chi connectivity index (χ2v) is 11.2. The van der Waals surface area contributed by atoms with E-state index in [1.807, 2.05) is 6.92 Å². The maximum absolute atomic E-state index is 15.0. The molecule has 3 aromatic rings. The van der Waals surface area contributed by atoms with Gasteiger partial charge in [-0.2, -0.15) is 13.2 Å². The van der Waals surface area contributed by atoms with Gasteiger partial charge in [0.2, 0.25) is 0 Å². The van der Waals surface area contributed by atoms with Crippen LogP contribution in [0.5, 0.6) is 11.6 Å². The van der Waals surface area contributed by atoms with E-state index in [1.165, 1.54) is 31.2 Å². The smallest absolute Gasteiger partial charge is 0.432 e. The van der Waals surface area contributed by atoms with E-state index >= 15 is 4.39 Å². The Morgan fingerprint density at radius 3 is 2.38 bits per heavy atom. The highest BCUT2D eigenvalue weighted by molar-refractivity contribution is 7.90. The molecule has 13 heteroatoms. The first kappa shape index (κ1) is 26.5. The number of aromatic nitrogens is 3. The molecule has 0 bridgehead atoms. The summed E-state index contributed by atoms with van der Waals surface area (Å²) in [4.78, 5) is 17.4. The molecule has 0 unspecified atom stereocenters. The second-order valence-electron chi connectivity index (χ2n) is 9.17. The molecule has 0 spiro atoms. The van der Waals surface area contributed by atoms with Crippen LogP contribution in [-0.4, -0.2) is 35.8 Å². The van der Waals surface area contributed by atoms with E-state index in [0.29, 0.717) is 5.69 Å². The third-order valence-electron chi connectivity index (χ3n) is 6.11. The fourth-order valence-corrected chi connectivity index (χ4v) is 4.37. The van der Waals surface area contributed by atoms with Gasteiger partial charge in [0.25, 0.3) is 11.8 Å². The monoisotopic (exact) mass is 538 g/mol. The molecule has 1 aliphatic rings. The van der Waals surface area contributed by atoms with Gasteiger partial charge in [-0.05, 0) is 56.5 Å². The highest BCUT2D eigenvalue weighted by atomic mass is 32.2. The van der Waals surface area contributed by atoms with Crippen LogP contribution in [0.15, 0.2) is 35.2 Å². The van der Waals surface area contributed by atoms with E-state index < -0.39 is 56.2 Å². The summed E-state index contributed by atoms with van der Waals surface area (Å²) in [6.45, 7) is 4.40. The minimum absolute atomic E-state index is 0.00490. The molecular weight excluding hydrogens is 516 g/mol. The summed E-state index contributed by atoms with van der Waals surface area (Å²) >= 11 is 0. The van der Waals surface area contributed by atoms with Crippen molar-refractivity contribution in [1.82, 2.24) is 15.2 Å². The number of anilines is 1. The van der Waals surface area contributed by atoms with Gasteiger partial charge in [0.1, 0.15) is 5.56 Å². The van der Waals surface area contributed by atoms with Crippen LogP contribution in [0.3, 0.4) is 0 Å². The Balaban J connectivity index is 1.77. The first-order chi connectivity index (χ1) is 17.1. The molecule has 2 heterocycles. The Morgan fingerprint density at radius 2 is 1.81 bits per heavy atom. The number of nitrogens with zero attached hydrogens (tertiary/aromatic N) is 3. The Kier molecular flexibility index (Phi) is 6.47. The number of amides is 1. The van der Waals surface area contributed by atoms with Crippen LogP contribution in [0.2, 0.25) is 0 Å². The number of rotatable bonds is 6. The average molecular weight is 539 g/mol. The lowest BCUT2D eigenvalue weighted by atomic mass is 10.0. The highest BCUT2D eigenvalue weighted by Crippen LogP contribution is 2.47. The van der Waals surface area contributed by atoms with E-state index in [-0.39, 0.29) is 21.7 Å². The van der Waals surface area contributed by atoms with Crippen molar-refractivity contribution in [2.24, 2.45) is 0 Å². The number of alkyl halides is 3. The molecular formula is C24H22F4N4O4S. The van der Waals surface area contributed by atoms with Crippen molar-refractivity contribution in [3.05, 3.63) is 64.4 Å². The van der Waals surface area contributed by atoms with Crippen LogP contribution in [0.25, 0.3) is 0 Å². The summed E-state index contributed by atoms with van der Waals surface area (Å²) in [6, 6.07) is 6.34. The number of halogens is 4. The number of benzene rings is 1. The fourth-order valence-electron chi connectivity index (χ4n) is 3.70. The molecule has 0 aliphatic heterocycles. The number of aryl methyl sites for hydroxylation is 1. The largest absolute Gasteiger partial charge is 0.435 e. The number of ether oxygens (including phenoxy) is 1. The lowest BCUT2D eigenvalue weighted by Gasteiger charge is -2.17. The Hall–Kier alpha value is -3.61. The summed E-state index contributed by atoms with van der Waals surface area (Å²) in [5, 5.41) is 8.96. The van der Waals surface area contributed by atoms with Crippen molar-refractivity contribution in [3.63, 3.8) is 0 Å². The van der Waals surface area contributed by atoms with Crippen LogP contribution in [-0.2, 0) is 21.4 Å². The number of carbonyl (C=O) groups excluding carboxylic acids is 1. The van der Waals surface area contributed by atoms with Crippen LogP contribution in [0.4, 0.5) is 23.2 Å². The van der Waals surface area contributed by atoms with E-state index in [0.717, 1.165) is 32.1 Å². The normalized spacial score (nSPS) is 14.8. The maximum atomic E-state index is 15.0. The Bertz CT molecular complexity index is 1500. The second kappa shape index (κ2) is 9.05. The van der Waals surface area contributed by atoms with Crippen LogP contribution in [0, 0.1) is 19.7 Å². The van der Waals surface area contributed by atoms with Crippen molar-refractivity contribution < 1.29 is 35.5 Å². The van der Waals surface area contributed by atoms with Crippen molar-refractivity contribution in [2.75, 3.05) is 11.6 Å². The summed E-state index contributed by atoms with van der Waals surface area (Å²) in [5.74, 6) is -2.99. The summed E-state index contributed by atoms with van der Waals surface area (Å²) < 4.78 is 84.8. The molecule has 1 aromatic carbocycles. The minimum atomic E-state index is -4.94. The molecule has 1 N–H and O–H groups in total. The molecule has 1 fully saturated rings. The molecule has 37 heavy (non-hydrogen) atoms. The lowest BCUT2D eigenvalue weighted by Crippen LogP contribution is -2.21. The fraction of sp³-hybridized carbons (Fsp3) is 0.333. The highest BCUT2D eigenvalue weighted by Gasteiger charge is 2.42. The van der Waals surface area contributed by atoms with Crippen molar-refractivity contribution in [3.8, 4) is 11.6 Å². The van der Waals surface area contributed by atoms with E-state index in [1.54, 1.807) is 0 Å². The summed E-state index contributed by atoms with van der Waals surface area (Å²) in [6.07, 6.45) is -2.29. The molecule has 8 nitrogen and oxygen atoms in total.